The van der Waals surface area contributed by atoms with Crippen LogP contribution in [0.4, 0.5) is 0 Å². The second-order valence-corrected chi connectivity index (χ2v) is 8.44. The second-order valence-electron chi connectivity index (χ2n) is 8.01. The molecule has 0 spiro atoms. The van der Waals surface area contributed by atoms with Gasteiger partial charge in [0.25, 0.3) is 5.56 Å². The zero-order chi connectivity index (χ0) is 18.3. The lowest BCUT2D eigenvalue weighted by molar-refractivity contribution is 0.0743. The molecule has 0 unspecified atom stereocenters. The van der Waals surface area contributed by atoms with Crippen molar-refractivity contribution < 1.29 is 0 Å². The molecule has 1 fully saturated rings. The van der Waals surface area contributed by atoms with Crippen molar-refractivity contribution in [2.45, 2.75) is 24.9 Å². The molecule has 2 bridgehead atoms. The van der Waals surface area contributed by atoms with Gasteiger partial charge in [-0.05, 0) is 50.2 Å². The fourth-order valence-electron chi connectivity index (χ4n) is 4.77. The SMILES string of the molecule is CN(C)C[C@H]1[C@H]2C[C@H](CN(Cc3cccc(Cl)c3)C2)c2cccc(=O)n21. The number of rotatable bonds is 4. The summed E-state index contributed by atoms with van der Waals surface area (Å²) < 4.78 is 2.08. The standard InChI is InChI=1S/C21H26ClN3O/c1-23(2)14-20-17-10-16(19-7-4-8-21(26)25(19)20)12-24(13-17)11-15-5-3-6-18(22)9-15/h3-9,16-17,20H,10-14H2,1-2H3/t16-,17+,20+/m1/s1. The van der Waals surface area contributed by atoms with Gasteiger partial charge in [0.2, 0.25) is 0 Å². The van der Waals surface area contributed by atoms with Crippen LogP contribution in [0.1, 0.15) is 29.6 Å². The van der Waals surface area contributed by atoms with E-state index in [0.717, 1.165) is 31.2 Å². The van der Waals surface area contributed by atoms with Crippen molar-refractivity contribution in [1.82, 2.24) is 14.4 Å². The molecule has 1 aromatic carbocycles. The van der Waals surface area contributed by atoms with Crippen LogP contribution in [0.15, 0.2) is 47.3 Å². The molecule has 5 heteroatoms. The summed E-state index contributed by atoms with van der Waals surface area (Å²) in [4.78, 5) is 17.3. The molecule has 0 amide bonds. The number of pyridine rings is 1. The third-order valence-corrected chi connectivity index (χ3v) is 5.96. The summed E-state index contributed by atoms with van der Waals surface area (Å²) in [6, 6.07) is 14.2. The van der Waals surface area contributed by atoms with Gasteiger partial charge in [0.1, 0.15) is 0 Å². The predicted molar refractivity (Wildman–Crippen MR) is 106 cm³/mol. The molecule has 1 saturated heterocycles. The first-order chi connectivity index (χ1) is 12.5. The summed E-state index contributed by atoms with van der Waals surface area (Å²) in [5, 5.41) is 0.794. The lowest BCUT2D eigenvalue weighted by atomic mass is 9.78. The molecule has 2 aromatic rings. The number of fused-ring (bicyclic) bond motifs is 4. The molecular formula is C21H26ClN3O. The van der Waals surface area contributed by atoms with Crippen LogP contribution in [0.3, 0.4) is 0 Å². The lowest BCUT2D eigenvalue weighted by Crippen LogP contribution is -2.51. The average molecular weight is 372 g/mol. The summed E-state index contributed by atoms with van der Waals surface area (Å²) in [6.07, 6.45) is 1.17. The number of halogens is 1. The zero-order valence-corrected chi connectivity index (χ0v) is 16.2. The zero-order valence-electron chi connectivity index (χ0n) is 15.4. The Hall–Kier alpha value is -1.62. The van der Waals surface area contributed by atoms with Crippen LogP contribution < -0.4 is 5.56 Å². The Morgan fingerprint density at radius 3 is 2.73 bits per heavy atom. The Morgan fingerprint density at radius 2 is 1.96 bits per heavy atom. The van der Waals surface area contributed by atoms with Gasteiger partial charge >= 0.3 is 0 Å². The Balaban J connectivity index is 1.64. The number of nitrogens with zero attached hydrogens (tertiary/aromatic N) is 3. The van der Waals surface area contributed by atoms with Crippen molar-refractivity contribution in [2.75, 3.05) is 33.7 Å². The van der Waals surface area contributed by atoms with Crippen molar-refractivity contribution in [2.24, 2.45) is 5.92 Å². The molecule has 26 heavy (non-hydrogen) atoms. The predicted octanol–water partition coefficient (Wildman–Crippen LogP) is 3.22. The molecule has 0 aliphatic carbocycles. The molecule has 1 aromatic heterocycles. The van der Waals surface area contributed by atoms with Crippen molar-refractivity contribution >= 4 is 11.6 Å². The second kappa shape index (κ2) is 7.18. The summed E-state index contributed by atoms with van der Waals surface area (Å²) in [7, 11) is 4.18. The van der Waals surface area contributed by atoms with Crippen LogP contribution in [-0.2, 0) is 6.54 Å². The molecule has 2 aliphatic heterocycles. The minimum absolute atomic E-state index is 0.146. The monoisotopic (exact) mass is 371 g/mol. The molecule has 2 aliphatic rings. The highest BCUT2D eigenvalue weighted by Gasteiger charge is 2.40. The molecule has 0 saturated carbocycles. The highest BCUT2D eigenvalue weighted by atomic mass is 35.5. The van der Waals surface area contributed by atoms with E-state index in [1.807, 2.05) is 18.2 Å². The van der Waals surface area contributed by atoms with E-state index < -0.39 is 0 Å². The van der Waals surface area contributed by atoms with Crippen molar-refractivity contribution in [3.05, 3.63) is 69.1 Å². The normalized spacial score (nSPS) is 25.3. The van der Waals surface area contributed by atoms with E-state index in [-0.39, 0.29) is 11.6 Å². The first kappa shape index (κ1) is 17.8. The van der Waals surface area contributed by atoms with Gasteiger partial charge < -0.3 is 9.47 Å². The van der Waals surface area contributed by atoms with E-state index in [2.05, 4.69) is 46.7 Å². The van der Waals surface area contributed by atoms with Crippen molar-refractivity contribution in [3.8, 4) is 0 Å². The van der Waals surface area contributed by atoms with E-state index >= 15 is 0 Å². The lowest BCUT2D eigenvalue weighted by Gasteiger charge is -2.47. The molecule has 3 atom stereocenters. The summed E-state index contributed by atoms with van der Waals surface area (Å²) in [6.45, 7) is 3.85. The quantitative estimate of drug-likeness (QED) is 0.826. The maximum atomic E-state index is 12.6. The van der Waals surface area contributed by atoms with Gasteiger partial charge in [0, 0.05) is 48.9 Å². The first-order valence-corrected chi connectivity index (χ1v) is 9.72. The van der Waals surface area contributed by atoms with Gasteiger partial charge in [-0.15, -0.1) is 0 Å². The van der Waals surface area contributed by atoms with E-state index in [9.17, 15) is 4.79 Å². The average Bonchev–Trinajstić information content (AvgIpc) is 2.58. The maximum Gasteiger partial charge on any atom is 0.251 e. The van der Waals surface area contributed by atoms with Gasteiger partial charge in [-0.2, -0.15) is 0 Å². The molecule has 0 radical (unpaired) electrons. The smallest absolute Gasteiger partial charge is 0.251 e. The number of hydrogen-bond donors (Lipinski definition) is 0. The van der Waals surface area contributed by atoms with E-state index in [1.54, 1.807) is 6.07 Å². The van der Waals surface area contributed by atoms with E-state index in [1.165, 1.54) is 17.7 Å². The number of aromatic nitrogens is 1. The van der Waals surface area contributed by atoms with Gasteiger partial charge in [-0.3, -0.25) is 9.69 Å². The first-order valence-electron chi connectivity index (χ1n) is 9.34. The number of hydrogen-bond acceptors (Lipinski definition) is 3. The molecule has 3 heterocycles. The van der Waals surface area contributed by atoms with Gasteiger partial charge in [0.15, 0.2) is 0 Å². The maximum absolute atomic E-state index is 12.6. The Morgan fingerprint density at radius 1 is 1.15 bits per heavy atom. The topological polar surface area (TPSA) is 28.5 Å². The molecule has 138 valence electrons. The summed E-state index contributed by atoms with van der Waals surface area (Å²) in [5.41, 5.74) is 2.61. The van der Waals surface area contributed by atoms with Gasteiger partial charge in [-0.1, -0.05) is 29.8 Å². The van der Waals surface area contributed by atoms with Crippen LogP contribution in [0.25, 0.3) is 0 Å². The highest BCUT2D eigenvalue weighted by molar-refractivity contribution is 6.30. The Kier molecular flexibility index (Phi) is 4.91. The summed E-state index contributed by atoms with van der Waals surface area (Å²) >= 11 is 6.16. The highest BCUT2D eigenvalue weighted by Crippen LogP contribution is 2.41. The van der Waals surface area contributed by atoms with Gasteiger partial charge in [-0.25, -0.2) is 0 Å². The fourth-order valence-corrected chi connectivity index (χ4v) is 4.98. The number of likely N-dealkylation sites (N-methyl/N-ethyl adjacent to an activating group) is 1. The van der Waals surface area contributed by atoms with Crippen molar-refractivity contribution in [1.29, 1.82) is 0 Å². The molecule has 4 nitrogen and oxygen atoms in total. The third-order valence-electron chi connectivity index (χ3n) is 5.72. The Bertz CT molecular complexity index is 847. The van der Waals surface area contributed by atoms with Crippen molar-refractivity contribution in [3.63, 3.8) is 0 Å². The van der Waals surface area contributed by atoms with E-state index in [4.69, 9.17) is 11.6 Å². The van der Waals surface area contributed by atoms with E-state index in [0.29, 0.717) is 11.8 Å². The number of piperidine rings is 1. The van der Waals surface area contributed by atoms with Gasteiger partial charge in [0.05, 0.1) is 6.04 Å². The largest absolute Gasteiger partial charge is 0.308 e. The molecule has 4 rings (SSSR count). The molecule has 0 N–H and O–H groups in total. The third kappa shape index (κ3) is 3.46. The van der Waals surface area contributed by atoms with Crippen LogP contribution in [0.2, 0.25) is 5.02 Å². The molecular weight excluding hydrogens is 346 g/mol. The number of benzene rings is 1. The minimum Gasteiger partial charge on any atom is -0.308 e. The number of likely N-dealkylation sites (tertiary alicyclic amines) is 1. The van der Waals surface area contributed by atoms with Crippen LogP contribution in [-0.4, -0.2) is 48.1 Å². The van der Waals surface area contributed by atoms with Crippen LogP contribution in [0, 0.1) is 5.92 Å². The van der Waals surface area contributed by atoms with Crippen LogP contribution >= 0.6 is 11.6 Å². The summed E-state index contributed by atoms with van der Waals surface area (Å²) in [5.74, 6) is 0.934. The minimum atomic E-state index is 0.146. The Labute approximate surface area is 160 Å². The fraction of sp³-hybridized carbons (Fsp3) is 0.476. The van der Waals surface area contributed by atoms with Crippen LogP contribution in [0.5, 0.6) is 0 Å².